The van der Waals surface area contributed by atoms with Crippen molar-refractivity contribution in [3.05, 3.63) is 42.5 Å². The Morgan fingerprint density at radius 3 is 2.40 bits per heavy atom. The highest BCUT2D eigenvalue weighted by molar-refractivity contribution is 7.89. The second-order valence-corrected chi connectivity index (χ2v) is 6.73. The molecule has 0 aliphatic rings. The van der Waals surface area contributed by atoms with Crippen molar-refractivity contribution in [2.24, 2.45) is 0 Å². The molecule has 2 aromatic carbocycles. The first-order chi connectivity index (χ1) is 9.61. The van der Waals surface area contributed by atoms with Crippen molar-refractivity contribution in [2.75, 3.05) is 13.1 Å². The fraction of sp³-hybridized carbons (Fsp3) is 0.375. The first-order valence-electron chi connectivity index (χ1n) is 7.09. The van der Waals surface area contributed by atoms with Crippen LogP contribution < -0.4 is 0 Å². The van der Waals surface area contributed by atoms with Crippen LogP contribution in [0.1, 0.15) is 26.7 Å². The predicted molar refractivity (Wildman–Crippen MR) is 83.3 cm³/mol. The molecular formula is C16H21NO2S. The van der Waals surface area contributed by atoms with E-state index < -0.39 is 10.0 Å². The van der Waals surface area contributed by atoms with Gasteiger partial charge in [-0.05, 0) is 17.9 Å². The largest absolute Gasteiger partial charge is 0.243 e. The average Bonchev–Trinajstić information content (AvgIpc) is 2.47. The number of rotatable bonds is 6. The minimum absolute atomic E-state index is 0.411. The Morgan fingerprint density at radius 1 is 1.00 bits per heavy atom. The number of unbranched alkanes of at least 4 members (excludes halogenated alkanes) is 1. The summed E-state index contributed by atoms with van der Waals surface area (Å²) in [7, 11) is -3.42. The minimum Gasteiger partial charge on any atom is -0.207 e. The third-order valence-electron chi connectivity index (χ3n) is 3.48. The van der Waals surface area contributed by atoms with Crippen LogP contribution in [0.5, 0.6) is 0 Å². The molecule has 0 saturated heterocycles. The lowest BCUT2D eigenvalue weighted by Crippen LogP contribution is -2.32. The summed E-state index contributed by atoms with van der Waals surface area (Å²) in [4.78, 5) is 0.411. The molecule has 0 fully saturated rings. The minimum atomic E-state index is -3.42. The molecule has 108 valence electrons. The maximum absolute atomic E-state index is 12.8. The lowest BCUT2D eigenvalue weighted by molar-refractivity contribution is 0.419. The molecular weight excluding hydrogens is 270 g/mol. The molecule has 0 saturated carbocycles. The van der Waals surface area contributed by atoms with Gasteiger partial charge in [0.1, 0.15) is 0 Å². The van der Waals surface area contributed by atoms with Gasteiger partial charge < -0.3 is 0 Å². The molecule has 2 aromatic rings. The summed E-state index contributed by atoms with van der Waals surface area (Å²) in [6, 6.07) is 13.1. The zero-order valence-corrected chi connectivity index (χ0v) is 12.9. The zero-order chi connectivity index (χ0) is 14.6. The van der Waals surface area contributed by atoms with E-state index in [1.54, 1.807) is 10.4 Å². The molecule has 0 radical (unpaired) electrons. The van der Waals surface area contributed by atoms with Crippen molar-refractivity contribution >= 4 is 20.8 Å². The topological polar surface area (TPSA) is 37.4 Å². The zero-order valence-electron chi connectivity index (χ0n) is 12.0. The van der Waals surface area contributed by atoms with Crippen LogP contribution in [0.4, 0.5) is 0 Å². The van der Waals surface area contributed by atoms with Crippen LogP contribution in [-0.2, 0) is 10.0 Å². The molecule has 0 heterocycles. The molecule has 0 amide bonds. The smallest absolute Gasteiger partial charge is 0.207 e. The van der Waals surface area contributed by atoms with Crippen molar-refractivity contribution in [3.8, 4) is 0 Å². The third kappa shape index (κ3) is 2.86. The van der Waals surface area contributed by atoms with Crippen LogP contribution in [0.3, 0.4) is 0 Å². The van der Waals surface area contributed by atoms with E-state index in [1.807, 2.05) is 43.3 Å². The highest BCUT2D eigenvalue weighted by Crippen LogP contribution is 2.25. The quantitative estimate of drug-likeness (QED) is 0.814. The summed E-state index contributed by atoms with van der Waals surface area (Å²) in [5.74, 6) is 0. The third-order valence-corrected chi connectivity index (χ3v) is 5.51. The Hall–Kier alpha value is -1.39. The van der Waals surface area contributed by atoms with Gasteiger partial charge >= 0.3 is 0 Å². The molecule has 0 bridgehead atoms. The van der Waals surface area contributed by atoms with Crippen LogP contribution >= 0.6 is 0 Å². The van der Waals surface area contributed by atoms with E-state index in [4.69, 9.17) is 0 Å². The fourth-order valence-corrected chi connectivity index (χ4v) is 4.04. The van der Waals surface area contributed by atoms with E-state index in [1.165, 1.54) is 0 Å². The van der Waals surface area contributed by atoms with Crippen LogP contribution in [0, 0.1) is 0 Å². The number of fused-ring (bicyclic) bond motifs is 1. The van der Waals surface area contributed by atoms with Gasteiger partial charge in [0, 0.05) is 18.5 Å². The van der Waals surface area contributed by atoms with Crippen molar-refractivity contribution < 1.29 is 8.42 Å². The number of hydrogen-bond acceptors (Lipinski definition) is 2. The summed E-state index contributed by atoms with van der Waals surface area (Å²) < 4.78 is 27.2. The van der Waals surface area contributed by atoms with Gasteiger partial charge in [-0.3, -0.25) is 0 Å². The Kier molecular flexibility index (Phi) is 4.78. The summed E-state index contributed by atoms with van der Waals surface area (Å²) in [5, 5.41) is 1.75. The van der Waals surface area contributed by atoms with Gasteiger partial charge in [0.05, 0.1) is 4.90 Å². The van der Waals surface area contributed by atoms with Crippen LogP contribution in [0.25, 0.3) is 10.8 Å². The normalized spacial score (nSPS) is 12.2. The number of sulfonamides is 1. The van der Waals surface area contributed by atoms with Gasteiger partial charge in [0.2, 0.25) is 10.0 Å². The highest BCUT2D eigenvalue weighted by atomic mass is 32.2. The standard InChI is InChI=1S/C16H21NO2S/c1-3-5-13-17(4-2)20(18,19)16-12-8-10-14-9-6-7-11-15(14)16/h6-12H,3-5,13H2,1-2H3. The molecule has 0 spiro atoms. The highest BCUT2D eigenvalue weighted by Gasteiger charge is 2.24. The molecule has 0 atom stereocenters. The monoisotopic (exact) mass is 291 g/mol. The summed E-state index contributed by atoms with van der Waals surface area (Å²) in [6.45, 7) is 5.04. The van der Waals surface area contributed by atoms with Gasteiger partial charge in [-0.1, -0.05) is 56.7 Å². The van der Waals surface area contributed by atoms with E-state index in [2.05, 4.69) is 6.92 Å². The average molecular weight is 291 g/mol. The van der Waals surface area contributed by atoms with Crippen molar-refractivity contribution in [1.29, 1.82) is 0 Å². The van der Waals surface area contributed by atoms with Gasteiger partial charge in [-0.25, -0.2) is 8.42 Å². The lowest BCUT2D eigenvalue weighted by atomic mass is 10.1. The maximum Gasteiger partial charge on any atom is 0.243 e. The van der Waals surface area contributed by atoms with Gasteiger partial charge in [-0.15, -0.1) is 0 Å². The van der Waals surface area contributed by atoms with E-state index in [9.17, 15) is 8.42 Å². The van der Waals surface area contributed by atoms with Crippen LogP contribution in [0.15, 0.2) is 47.4 Å². The molecule has 0 aromatic heterocycles. The second kappa shape index (κ2) is 6.37. The van der Waals surface area contributed by atoms with Crippen molar-refractivity contribution in [2.45, 2.75) is 31.6 Å². The summed E-state index contributed by atoms with van der Waals surface area (Å²) in [6.07, 6.45) is 1.87. The molecule has 0 N–H and O–H groups in total. The van der Waals surface area contributed by atoms with Gasteiger partial charge in [-0.2, -0.15) is 4.31 Å². The van der Waals surface area contributed by atoms with E-state index >= 15 is 0 Å². The molecule has 4 heteroatoms. The molecule has 0 unspecified atom stereocenters. The molecule has 20 heavy (non-hydrogen) atoms. The lowest BCUT2D eigenvalue weighted by Gasteiger charge is -2.21. The van der Waals surface area contributed by atoms with Crippen LogP contribution in [0.2, 0.25) is 0 Å². The molecule has 2 rings (SSSR count). The number of benzene rings is 2. The number of hydrogen-bond donors (Lipinski definition) is 0. The van der Waals surface area contributed by atoms with Gasteiger partial charge in [0.15, 0.2) is 0 Å². The Bertz CT molecular complexity index is 674. The first-order valence-corrected chi connectivity index (χ1v) is 8.53. The Labute approximate surface area is 121 Å². The first kappa shape index (κ1) is 15.0. The van der Waals surface area contributed by atoms with Crippen LogP contribution in [-0.4, -0.2) is 25.8 Å². The second-order valence-electron chi connectivity index (χ2n) is 4.83. The summed E-state index contributed by atoms with van der Waals surface area (Å²) in [5.41, 5.74) is 0. The van der Waals surface area contributed by atoms with Crippen molar-refractivity contribution in [3.63, 3.8) is 0 Å². The van der Waals surface area contributed by atoms with E-state index in [0.717, 1.165) is 23.6 Å². The molecule has 0 aliphatic heterocycles. The number of nitrogens with zero attached hydrogens (tertiary/aromatic N) is 1. The summed E-state index contributed by atoms with van der Waals surface area (Å²) >= 11 is 0. The Morgan fingerprint density at radius 2 is 1.70 bits per heavy atom. The van der Waals surface area contributed by atoms with E-state index in [0.29, 0.717) is 18.0 Å². The maximum atomic E-state index is 12.8. The predicted octanol–water partition coefficient (Wildman–Crippen LogP) is 3.65. The Balaban J connectivity index is 2.51. The molecule has 0 aliphatic carbocycles. The van der Waals surface area contributed by atoms with Crippen molar-refractivity contribution in [1.82, 2.24) is 4.31 Å². The fourth-order valence-electron chi connectivity index (χ4n) is 2.34. The van der Waals surface area contributed by atoms with E-state index in [-0.39, 0.29) is 0 Å². The van der Waals surface area contributed by atoms with Gasteiger partial charge in [0.25, 0.3) is 0 Å². The molecule has 3 nitrogen and oxygen atoms in total. The SMILES string of the molecule is CCCCN(CC)S(=O)(=O)c1cccc2ccccc12.